The average Bonchev–Trinajstić information content (AvgIpc) is 2.40. The smallest absolute Gasteiger partial charge is 0.141 e. The van der Waals surface area contributed by atoms with Gasteiger partial charge in [0.2, 0.25) is 0 Å². The van der Waals surface area contributed by atoms with Crippen LogP contribution in [0.15, 0.2) is 12.3 Å². The standard InChI is InChI=1S/C13H22FN3O2/c1-15-9-11-8-12(14)10-16-13(11)17(4-6-18-2)5-7-19-3/h8,10,15H,4-7,9H2,1-3H3. The Balaban J connectivity index is 2.91. The molecule has 0 saturated heterocycles. The summed E-state index contributed by atoms with van der Waals surface area (Å²) in [6, 6.07) is 1.51. The molecular weight excluding hydrogens is 249 g/mol. The molecule has 1 aromatic heterocycles. The molecule has 1 rings (SSSR count). The molecule has 6 heteroatoms. The fourth-order valence-electron chi connectivity index (χ4n) is 1.81. The molecule has 0 radical (unpaired) electrons. The van der Waals surface area contributed by atoms with Crippen molar-refractivity contribution < 1.29 is 13.9 Å². The summed E-state index contributed by atoms with van der Waals surface area (Å²) < 4.78 is 23.5. The lowest BCUT2D eigenvalue weighted by Crippen LogP contribution is -2.32. The second kappa shape index (κ2) is 8.79. The van der Waals surface area contributed by atoms with Gasteiger partial charge in [0.05, 0.1) is 19.4 Å². The van der Waals surface area contributed by atoms with Crippen LogP contribution in [-0.4, -0.2) is 52.6 Å². The molecule has 0 bridgehead atoms. The highest BCUT2D eigenvalue weighted by atomic mass is 19.1. The van der Waals surface area contributed by atoms with E-state index in [1.807, 2.05) is 11.9 Å². The molecule has 5 nitrogen and oxygen atoms in total. The molecule has 0 fully saturated rings. The quantitative estimate of drug-likeness (QED) is 0.727. The zero-order valence-corrected chi connectivity index (χ0v) is 11.8. The Labute approximate surface area is 113 Å². The highest BCUT2D eigenvalue weighted by Gasteiger charge is 2.13. The number of aromatic nitrogens is 1. The van der Waals surface area contributed by atoms with Crippen LogP contribution in [0, 0.1) is 5.82 Å². The van der Waals surface area contributed by atoms with Crippen LogP contribution in [0.25, 0.3) is 0 Å². The molecule has 108 valence electrons. The van der Waals surface area contributed by atoms with E-state index in [1.54, 1.807) is 14.2 Å². The molecule has 0 aliphatic carbocycles. The summed E-state index contributed by atoms with van der Waals surface area (Å²) in [6.07, 6.45) is 1.24. The van der Waals surface area contributed by atoms with Gasteiger partial charge in [0.25, 0.3) is 0 Å². The van der Waals surface area contributed by atoms with Gasteiger partial charge in [0.15, 0.2) is 0 Å². The van der Waals surface area contributed by atoms with Crippen molar-refractivity contribution in [1.29, 1.82) is 0 Å². The summed E-state index contributed by atoms with van der Waals surface area (Å²) >= 11 is 0. The minimum absolute atomic E-state index is 0.326. The van der Waals surface area contributed by atoms with Gasteiger partial charge in [-0.25, -0.2) is 9.37 Å². The zero-order chi connectivity index (χ0) is 14.1. The van der Waals surface area contributed by atoms with Crippen molar-refractivity contribution in [2.75, 3.05) is 52.5 Å². The van der Waals surface area contributed by atoms with E-state index in [2.05, 4.69) is 10.3 Å². The van der Waals surface area contributed by atoms with E-state index < -0.39 is 0 Å². The Morgan fingerprint density at radius 3 is 2.42 bits per heavy atom. The van der Waals surface area contributed by atoms with Crippen molar-refractivity contribution in [3.05, 3.63) is 23.6 Å². The maximum absolute atomic E-state index is 13.3. The van der Waals surface area contributed by atoms with Gasteiger partial charge in [-0.15, -0.1) is 0 Å². The molecule has 0 unspecified atom stereocenters. The van der Waals surface area contributed by atoms with Crippen molar-refractivity contribution in [1.82, 2.24) is 10.3 Å². The first-order valence-corrected chi connectivity index (χ1v) is 6.24. The van der Waals surface area contributed by atoms with Crippen molar-refractivity contribution in [2.24, 2.45) is 0 Å². The molecule has 0 amide bonds. The number of nitrogens with zero attached hydrogens (tertiary/aromatic N) is 2. The molecule has 0 aliphatic rings. The predicted molar refractivity (Wildman–Crippen MR) is 72.9 cm³/mol. The van der Waals surface area contributed by atoms with Crippen LogP contribution < -0.4 is 10.2 Å². The Bertz CT molecular complexity index is 369. The van der Waals surface area contributed by atoms with Gasteiger partial charge in [0.1, 0.15) is 11.6 Å². The summed E-state index contributed by atoms with van der Waals surface area (Å²) in [4.78, 5) is 6.24. The molecule has 0 aromatic carbocycles. The highest BCUT2D eigenvalue weighted by Crippen LogP contribution is 2.18. The van der Waals surface area contributed by atoms with Gasteiger partial charge >= 0.3 is 0 Å². The topological polar surface area (TPSA) is 46.6 Å². The van der Waals surface area contributed by atoms with Crippen LogP contribution >= 0.6 is 0 Å². The SMILES string of the molecule is CNCc1cc(F)cnc1N(CCOC)CCOC. The number of rotatable bonds is 9. The van der Waals surface area contributed by atoms with Gasteiger partial charge in [-0.05, 0) is 13.1 Å². The molecule has 1 aromatic rings. The normalized spacial score (nSPS) is 10.7. The third-order valence-electron chi connectivity index (χ3n) is 2.71. The van der Waals surface area contributed by atoms with Gasteiger partial charge in [-0.3, -0.25) is 0 Å². The van der Waals surface area contributed by atoms with Crippen molar-refractivity contribution in [3.8, 4) is 0 Å². The van der Waals surface area contributed by atoms with E-state index in [4.69, 9.17) is 9.47 Å². The Kier molecular flexibility index (Phi) is 7.32. The van der Waals surface area contributed by atoms with E-state index in [0.717, 1.165) is 11.4 Å². The summed E-state index contributed by atoms with van der Waals surface area (Å²) in [6.45, 7) is 3.12. The van der Waals surface area contributed by atoms with Gasteiger partial charge in [-0.1, -0.05) is 0 Å². The Morgan fingerprint density at radius 1 is 1.26 bits per heavy atom. The molecule has 19 heavy (non-hydrogen) atoms. The Morgan fingerprint density at radius 2 is 1.89 bits per heavy atom. The van der Waals surface area contributed by atoms with Gasteiger partial charge in [0, 0.05) is 39.4 Å². The summed E-state index contributed by atoms with van der Waals surface area (Å²) in [5, 5.41) is 3.02. The van der Waals surface area contributed by atoms with E-state index in [9.17, 15) is 4.39 Å². The monoisotopic (exact) mass is 271 g/mol. The minimum atomic E-state index is -0.326. The van der Waals surface area contributed by atoms with Crippen LogP contribution in [0.2, 0.25) is 0 Å². The number of anilines is 1. The first kappa shape index (κ1) is 15.8. The van der Waals surface area contributed by atoms with E-state index in [-0.39, 0.29) is 5.82 Å². The van der Waals surface area contributed by atoms with Crippen LogP contribution in [0.3, 0.4) is 0 Å². The van der Waals surface area contributed by atoms with Crippen LogP contribution in [0.4, 0.5) is 10.2 Å². The summed E-state index contributed by atoms with van der Waals surface area (Å²) in [7, 11) is 5.13. The molecule has 1 heterocycles. The van der Waals surface area contributed by atoms with E-state index >= 15 is 0 Å². The predicted octanol–water partition coefficient (Wildman–Crippen LogP) is 1.04. The molecular formula is C13H22FN3O2. The zero-order valence-electron chi connectivity index (χ0n) is 11.8. The van der Waals surface area contributed by atoms with E-state index in [1.165, 1.54) is 12.3 Å². The second-order valence-electron chi connectivity index (χ2n) is 4.14. The maximum Gasteiger partial charge on any atom is 0.141 e. The fraction of sp³-hybridized carbons (Fsp3) is 0.615. The number of nitrogens with one attached hydrogen (secondary N) is 1. The summed E-state index contributed by atoms with van der Waals surface area (Å²) in [5.41, 5.74) is 0.828. The summed E-state index contributed by atoms with van der Waals surface area (Å²) in [5.74, 6) is 0.442. The number of pyridine rings is 1. The molecule has 0 spiro atoms. The number of halogens is 1. The number of ether oxygens (including phenoxy) is 2. The fourth-order valence-corrected chi connectivity index (χ4v) is 1.81. The number of methoxy groups -OCH3 is 2. The first-order valence-electron chi connectivity index (χ1n) is 6.24. The third kappa shape index (κ3) is 5.10. The number of hydrogen-bond acceptors (Lipinski definition) is 5. The maximum atomic E-state index is 13.3. The van der Waals surface area contributed by atoms with Gasteiger partial charge in [-0.2, -0.15) is 0 Å². The van der Waals surface area contributed by atoms with Crippen molar-refractivity contribution >= 4 is 5.82 Å². The lowest BCUT2D eigenvalue weighted by Gasteiger charge is -2.25. The highest BCUT2D eigenvalue weighted by molar-refractivity contribution is 5.47. The molecule has 1 N–H and O–H groups in total. The van der Waals surface area contributed by atoms with Crippen LogP contribution in [-0.2, 0) is 16.0 Å². The lowest BCUT2D eigenvalue weighted by molar-refractivity contribution is 0.190. The van der Waals surface area contributed by atoms with Crippen LogP contribution in [0.5, 0.6) is 0 Å². The van der Waals surface area contributed by atoms with Crippen molar-refractivity contribution in [2.45, 2.75) is 6.54 Å². The number of hydrogen-bond donors (Lipinski definition) is 1. The van der Waals surface area contributed by atoms with Crippen molar-refractivity contribution in [3.63, 3.8) is 0 Å². The lowest BCUT2D eigenvalue weighted by atomic mass is 10.2. The Hall–Kier alpha value is -1.24. The molecule has 0 aliphatic heterocycles. The largest absolute Gasteiger partial charge is 0.383 e. The second-order valence-corrected chi connectivity index (χ2v) is 4.14. The van der Waals surface area contributed by atoms with E-state index in [0.29, 0.717) is 32.8 Å². The first-order chi connectivity index (χ1) is 9.22. The molecule has 0 atom stereocenters. The molecule has 0 saturated carbocycles. The minimum Gasteiger partial charge on any atom is -0.383 e. The van der Waals surface area contributed by atoms with Gasteiger partial charge < -0.3 is 19.7 Å². The average molecular weight is 271 g/mol. The van der Waals surface area contributed by atoms with Crippen LogP contribution in [0.1, 0.15) is 5.56 Å². The third-order valence-corrected chi connectivity index (χ3v) is 2.71.